The van der Waals surface area contributed by atoms with Gasteiger partial charge in [0.05, 0.1) is 25.4 Å². The van der Waals surface area contributed by atoms with Gasteiger partial charge < -0.3 is 25.4 Å². The Labute approximate surface area is 159 Å². The Bertz CT molecular complexity index is 424. The number of piperidine rings is 1. The molecule has 2 saturated heterocycles. The molecule has 2 aliphatic heterocycles. The molecule has 7 nitrogen and oxygen atoms in total. The molecule has 152 valence electrons. The van der Waals surface area contributed by atoms with Crippen LogP contribution in [0.2, 0.25) is 0 Å². The lowest BCUT2D eigenvalue weighted by Crippen LogP contribution is -2.48. The van der Waals surface area contributed by atoms with E-state index in [1.807, 2.05) is 6.92 Å². The first-order valence-corrected chi connectivity index (χ1v) is 10.3. The molecule has 3 N–H and O–H groups in total. The van der Waals surface area contributed by atoms with Crippen LogP contribution >= 0.6 is 0 Å². The molecule has 0 aromatic carbocycles. The molecule has 0 saturated carbocycles. The van der Waals surface area contributed by atoms with E-state index >= 15 is 0 Å². The Morgan fingerprint density at radius 3 is 2.65 bits per heavy atom. The number of likely N-dealkylation sites (tertiary alicyclic amines) is 1. The van der Waals surface area contributed by atoms with Gasteiger partial charge in [-0.2, -0.15) is 0 Å². The fourth-order valence-electron chi connectivity index (χ4n) is 3.73. The fourth-order valence-corrected chi connectivity index (χ4v) is 3.73. The lowest BCUT2D eigenvalue weighted by atomic mass is 9.98. The van der Waals surface area contributed by atoms with Crippen LogP contribution in [0.4, 0.5) is 0 Å². The van der Waals surface area contributed by atoms with Crippen LogP contribution in [0.15, 0.2) is 4.99 Å². The topological polar surface area (TPSA) is 72.4 Å². The summed E-state index contributed by atoms with van der Waals surface area (Å²) in [5.74, 6) is 1.48. The molecule has 2 atom stereocenters. The molecule has 0 amide bonds. The second-order valence-corrected chi connectivity index (χ2v) is 7.86. The predicted molar refractivity (Wildman–Crippen MR) is 107 cm³/mol. The summed E-state index contributed by atoms with van der Waals surface area (Å²) in [5.41, 5.74) is -0.830. The van der Waals surface area contributed by atoms with Crippen LogP contribution in [0.25, 0.3) is 0 Å². The number of rotatable bonds is 8. The minimum atomic E-state index is -0.830. The highest BCUT2D eigenvalue weighted by Gasteiger charge is 2.25. The van der Waals surface area contributed by atoms with Crippen LogP contribution in [0, 0.1) is 5.92 Å². The Hall–Kier alpha value is -0.890. The number of aliphatic hydroxyl groups is 1. The van der Waals surface area contributed by atoms with E-state index in [9.17, 15) is 5.11 Å². The quantitative estimate of drug-likeness (QED) is 0.424. The summed E-state index contributed by atoms with van der Waals surface area (Å²) in [4.78, 5) is 9.42. The molecule has 2 unspecified atom stereocenters. The van der Waals surface area contributed by atoms with Gasteiger partial charge in [0.1, 0.15) is 0 Å². The predicted octanol–water partition coefficient (Wildman–Crippen LogP) is 0.357. The van der Waals surface area contributed by atoms with E-state index in [4.69, 9.17) is 4.74 Å². The van der Waals surface area contributed by atoms with Crippen LogP contribution in [0.1, 0.15) is 33.6 Å². The van der Waals surface area contributed by atoms with Gasteiger partial charge in [-0.05, 0) is 45.7 Å². The molecule has 0 aromatic heterocycles. The standard InChI is InChI=1S/C19H39N5O2/c1-4-20-18(21-13-17-7-6-8-23(5-2)14-17)22-15-19(3,25)16-24-9-11-26-12-10-24/h17,25H,4-16H2,1-3H3,(H2,20,21,22). The molecule has 2 heterocycles. The van der Waals surface area contributed by atoms with Gasteiger partial charge in [-0.15, -0.1) is 0 Å². The van der Waals surface area contributed by atoms with Crippen LogP contribution < -0.4 is 10.6 Å². The minimum absolute atomic E-state index is 0.394. The summed E-state index contributed by atoms with van der Waals surface area (Å²) >= 11 is 0. The maximum Gasteiger partial charge on any atom is 0.191 e. The van der Waals surface area contributed by atoms with Crippen molar-refractivity contribution in [2.24, 2.45) is 10.9 Å². The van der Waals surface area contributed by atoms with Crippen LogP contribution in [-0.2, 0) is 4.74 Å². The molecule has 26 heavy (non-hydrogen) atoms. The Morgan fingerprint density at radius 1 is 1.19 bits per heavy atom. The van der Waals surface area contributed by atoms with E-state index in [2.05, 4.69) is 39.3 Å². The number of ether oxygens (including phenoxy) is 1. The van der Waals surface area contributed by atoms with Crippen molar-refractivity contribution in [2.75, 3.05) is 72.1 Å². The molecule has 0 aromatic rings. The monoisotopic (exact) mass is 369 g/mol. The van der Waals surface area contributed by atoms with Crippen molar-refractivity contribution < 1.29 is 9.84 Å². The molecule has 0 bridgehead atoms. The Morgan fingerprint density at radius 2 is 1.96 bits per heavy atom. The van der Waals surface area contributed by atoms with E-state index in [0.29, 0.717) is 19.0 Å². The van der Waals surface area contributed by atoms with Crippen molar-refractivity contribution in [3.63, 3.8) is 0 Å². The number of β-amino-alcohol motifs (C(OH)–C–C–N with tert-alkyl or cyclic N) is 1. The molecular weight excluding hydrogens is 330 g/mol. The Balaban J connectivity index is 1.80. The maximum atomic E-state index is 10.7. The molecule has 7 heteroatoms. The van der Waals surface area contributed by atoms with E-state index in [1.165, 1.54) is 19.4 Å². The van der Waals surface area contributed by atoms with E-state index in [-0.39, 0.29) is 0 Å². The summed E-state index contributed by atoms with van der Waals surface area (Å²) in [6.45, 7) is 15.8. The zero-order chi connectivity index (χ0) is 18.8. The number of nitrogens with one attached hydrogen (secondary N) is 2. The van der Waals surface area contributed by atoms with Gasteiger partial charge >= 0.3 is 0 Å². The molecule has 2 aliphatic rings. The van der Waals surface area contributed by atoms with Crippen LogP contribution in [0.3, 0.4) is 0 Å². The second kappa shape index (κ2) is 11.1. The van der Waals surface area contributed by atoms with Crippen molar-refractivity contribution in [2.45, 2.75) is 39.2 Å². The van der Waals surface area contributed by atoms with Crippen molar-refractivity contribution >= 4 is 5.96 Å². The fraction of sp³-hybridized carbons (Fsp3) is 0.947. The van der Waals surface area contributed by atoms with E-state index < -0.39 is 5.60 Å². The summed E-state index contributed by atoms with van der Waals surface area (Å²) in [7, 11) is 0. The molecule has 2 fully saturated rings. The number of nitrogens with zero attached hydrogens (tertiary/aromatic N) is 3. The number of guanidine groups is 1. The van der Waals surface area contributed by atoms with Gasteiger partial charge in [0.25, 0.3) is 0 Å². The van der Waals surface area contributed by atoms with Crippen molar-refractivity contribution in [3.05, 3.63) is 0 Å². The van der Waals surface area contributed by atoms with E-state index in [0.717, 1.165) is 58.4 Å². The molecular formula is C19H39N5O2. The number of aliphatic imine (C=N–C) groups is 1. The maximum absolute atomic E-state index is 10.7. The van der Waals surface area contributed by atoms with Gasteiger partial charge in [-0.3, -0.25) is 9.89 Å². The molecule has 0 radical (unpaired) electrons. The van der Waals surface area contributed by atoms with Crippen molar-refractivity contribution in [1.29, 1.82) is 0 Å². The molecule has 2 rings (SSSR count). The normalized spacial score (nSPS) is 25.7. The third-order valence-electron chi connectivity index (χ3n) is 5.20. The lowest BCUT2D eigenvalue weighted by molar-refractivity contribution is -0.0180. The largest absolute Gasteiger partial charge is 0.387 e. The third kappa shape index (κ3) is 7.78. The molecule has 0 spiro atoms. The zero-order valence-corrected chi connectivity index (χ0v) is 17.0. The third-order valence-corrected chi connectivity index (χ3v) is 5.20. The summed E-state index contributed by atoms with van der Waals surface area (Å²) in [6.07, 6.45) is 2.56. The number of hydrogen-bond donors (Lipinski definition) is 3. The first-order chi connectivity index (χ1) is 12.5. The summed E-state index contributed by atoms with van der Waals surface area (Å²) in [5, 5.41) is 17.5. The smallest absolute Gasteiger partial charge is 0.191 e. The number of hydrogen-bond acceptors (Lipinski definition) is 5. The van der Waals surface area contributed by atoms with Crippen molar-refractivity contribution in [1.82, 2.24) is 20.4 Å². The first-order valence-electron chi connectivity index (χ1n) is 10.3. The highest BCUT2D eigenvalue weighted by atomic mass is 16.5. The SMILES string of the molecule is CCNC(=NCC(C)(O)CN1CCOCC1)NCC1CCCN(CC)C1. The second-order valence-electron chi connectivity index (χ2n) is 7.86. The Kier molecular flexibility index (Phi) is 9.11. The summed E-state index contributed by atoms with van der Waals surface area (Å²) < 4.78 is 5.38. The average molecular weight is 370 g/mol. The van der Waals surface area contributed by atoms with Crippen molar-refractivity contribution in [3.8, 4) is 0 Å². The van der Waals surface area contributed by atoms with Crippen LogP contribution in [0.5, 0.6) is 0 Å². The lowest BCUT2D eigenvalue weighted by Gasteiger charge is -2.33. The van der Waals surface area contributed by atoms with Gasteiger partial charge in [0, 0.05) is 39.3 Å². The first kappa shape index (κ1) is 21.4. The zero-order valence-electron chi connectivity index (χ0n) is 17.0. The van der Waals surface area contributed by atoms with Gasteiger partial charge in [0.2, 0.25) is 0 Å². The van der Waals surface area contributed by atoms with Gasteiger partial charge in [-0.1, -0.05) is 6.92 Å². The highest BCUT2D eigenvalue weighted by molar-refractivity contribution is 5.79. The van der Waals surface area contributed by atoms with E-state index in [1.54, 1.807) is 0 Å². The van der Waals surface area contributed by atoms with Gasteiger partial charge in [0.15, 0.2) is 5.96 Å². The minimum Gasteiger partial charge on any atom is -0.387 e. The number of morpholine rings is 1. The van der Waals surface area contributed by atoms with Gasteiger partial charge in [-0.25, -0.2) is 0 Å². The summed E-state index contributed by atoms with van der Waals surface area (Å²) in [6, 6.07) is 0. The molecule has 0 aliphatic carbocycles. The van der Waals surface area contributed by atoms with Crippen LogP contribution in [-0.4, -0.2) is 98.6 Å². The highest BCUT2D eigenvalue weighted by Crippen LogP contribution is 2.15. The average Bonchev–Trinajstić information content (AvgIpc) is 2.64.